The lowest BCUT2D eigenvalue weighted by molar-refractivity contribution is 0.310. The van der Waals surface area contributed by atoms with Gasteiger partial charge in [0.05, 0.1) is 5.02 Å². The third-order valence-corrected chi connectivity index (χ3v) is 4.34. The molecule has 0 aliphatic carbocycles. The first-order valence-electron chi connectivity index (χ1n) is 5.48. The van der Waals surface area contributed by atoms with E-state index in [1.807, 2.05) is 36.7 Å². The van der Waals surface area contributed by atoms with Crippen molar-refractivity contribution in [2.75, 3.05) is 7.05 Å². The molecular weight excluding hydrogens is 334 g/mol. The zero-order valence-electron chi connectivity index (χ0n) is 9.87. The van der Waals surface area contributed by atoms with Crippen LogP contribution in [0.4, 0.5) is 0 Å². The molecule has 0 spiro atoms. The Bertz CT molecular complexity index is 529. The van der Waals surface area contributed by atoms with Gasteiger partial charge in [-0.1, -0.05) is 17.7 Å². The van der Waals surface area contributed by atoms with Crippen LogP contribution < -0.4 is 10.1 Å². The molecule has 2 nitrogen and oxygen atoms in total. The Morgan fingerprint density at radius 3 is 2.83 bits per heavy atom. The average Bonchev–Trinajstić information content (AvgIpc) is 2.74. The highest BCUT2D eigenvalue weighted by Crippen LogP contribution is 2.27. The molecule has 0 aliphatic rings. The van der Waals surface area contributed by atoms with E-state index in [-0.39, 0.29) is 0 Å². The van der Waals surface area contributed by atoms with E-state index in [4.69, 9.17) is 16.3 Å². The van der Waals surface area contributed by atoms with Gasteiger partial charge in [-0.2, -0.15) is 0 Å². The molecular formula is C13H13BrClNOS. The third kappa shape index (κ3) is 3.72. The lowest BCUT2D eigenvalue weighted by atomic mass is 10.2. The molecule has 2 aromatic rings. The summed E-state index contributed by atoms with van der Waals surface area (Å²) in [7, 11) is 1.91. The molecule has 1 aromatic heterocycles. The summed E-state index contributed by atoms with van der Waals surface area (Å²) in [4.78, 5) is 1.16. The van der Waals surface area contributed by atoms with Gasteiger partial charge in [-0.25, -0.2) is 0 Å². The van der Waals surface area contributed by atoms with Crippen LogP contribution in [0, 0.1) is 0 Å². The van der Waals surface area contributed by atoms with E-state index in [0.29, 0.717) is 11.6 Å². The summed E-state index contributed by atoms with van der Waals surface area (Å²) in [5.41, 5.74) is 1.15. The minimum Gasteiger partial charge on any atom is -0.487 e. The molecule has 2 rings (SSSR count). The predicted octanol–water partition coefficient (Wildman–Crippen LogP) is 4.46. The monoisotopic (exact) mass is 345 g/mol. The lowest BCUT2D eigenvalue weighted by Gasteiger charge is -2.08. The SMILES string of the molecule is CNCc1ccc(OCc2cc(Br)cs2)c(Cl)c1. The number of halogens is 2. The Balaban J connectivity index is 2.01. The van der Waals surface area contributed by atoms with Gasteiger partial charge in [0.1, 0.15) is 12.4 Å². The molecule has 0 aliphatic heterocycles. The fourth-order valence-electron chi connectivity index (χ4n) is 1.55. The standard InChI is InChI=1S/C13H13BrClNOS/c1-16-6-9-2-3-13(12(15)4-9)17-7-11-5-10(14)8-18-11/h2-5,8,16H,6-7H2,1H3. The van der Waals surface area contributed by atoms with Crippen LogP contribution in [0.3, 0.4) is 0 Å². The molecule has 1 aromatic carbocycles. The number of thiophene rings is 1. The van der Waals surface area contributed by atoms with Crippen molar-refractivity contribution in [3.8, 4) is 5.75 Å². The second kappa shape index (κ2) is 6.57. The molecule has 0 saturated heterocycles. The molecule has 0 saturated carbocycles. The van der Waals surface area contributed by atoms with Crippen molar-refractivity contribution >= 4 is 38.9 Å². The number of ether oxygens (including phenoxy) is 1. The Morgan fingerprint density at radius 2 is 2.22 bits per heavy atom. The highest BCUT2D eigenvalue weighted by atomic mass is 79.9. The van der Waals surface area contributed by atoms with E-state index in [2.05, 4.69) is 21.2 Å². The zero-order chi connectivity index (χ0) is 13.0. The smallest absolute Gasteiger partial charge is 0.138 e. The molecule has 0 unspecified atom stereocenters. The summed E-state index contributed by atoms with van der Waals surface area (Å²) in [5, 5.41) is 5.78. The van der Waals surface area contributed by atoms with Crippen molar-refractivity contribution < 1.29 is 4.74 Å². The van der Waals surface area contributed by atoms with Crippen molar-refractivity contribution in [1.29, 1.82) is 0 Å². The summed E-state index contributed by atoms with van der Waals surface area (Å²) >= 11 is 11.3. The fraction of sp³-hybridized carbons (Fsp3) is 0.231. The fourth-order valence-corrected chi connectivity index (χ4v) is 3.17. The van der Waals surface area contributed by atoms with Gasteiger partial charge in [0, 0.05) is 21.3 Å². The van der Waals surface area contributed by atoms with Gasteiger partial charge in [0.2, 0.25) is 0 Å². The van der Waals surface area contributed by atoms with Crippen molar-refractivity contribution in [1.82, 2.24) is 5.32 Å². The normalized spacial score (nSPS) is 10.6. The number of hydrogen-bond acceptors (Lipinski definition) is 3. The van der Waals surface area contributed by atoms with E-state index in [1.54, 1.807) is 11.3 Å². The molecule has 1 heterocycles. The van der Waals surface area contributed by atoms with Crippen LogP contribution in [0.5, 0.6) is 5.75 Å². The van der Waals surface area contributed by atoms with E-state index in [1.165, 1.54) is 0 Å². The van der Waals surface area contributed by atoms with Crippen molar-refractivity contribution in [2.24, 2.45) is 0 Å². The number of hydrogen-bond donors (Lipinski definition) is 1. The van der Waals surface area contributed by atoms with Gasteiger partial charge < -0.3 is 10.1 Å². The predicted molar refractivity (Wildman–Crippen MR) is 80.6 cm³/mol. The maximum absolute atomic E-state index is 6.18. The van der Waals surface area contributed by atoms with Gasteiger partial charge >= 0.3 is 0 Å². The van der Waals surface area contributed by atoms with Crippen LogP contribution in [0.2, 0.25) is 5.02 Å². The first-order valence-corrected chi connectivity index (χ1v) is 7.53. The maximum atomic E-state index is 6.18. The van der Waals surface area contributed by atoms with Crippen molar-refractivity contribution in [3.63, 3.8) is 0 Å². The van der Waals surface area contributed by atoms with E-state index in [9.17, 15) is 0 Å². The van der Waals surface area contributed by atoms with E-state index < -0.39 is 0 Å². The van der Waals surface area contributed by atoms with Gasteiger partial charge in [0.15, 0.2) is 0 Å². The molecule has 5 heteroatoms. The molecule has 18 heavy (non-hydrogen) atoms. The Kier molecular flexibility index (Phi) is 5.06. The zero-order valence-corrected chi connectivity index (χ0v) is 13.0. The Morgan fingerprint density at radius 1 is 1.39 bits per heavy atom. The maximum Gasteiger partial charge on any atom is 0.138 e. The third-order valence-electron chi connectivity index (χ3n) is 2.37. The molecule has 0 radical (unpaired) electrons. The molecule has 0 amide bonds. The van der Waals surface area contributed by atoms with E-state index >= 15 is 0 Å². The molecule has 1 N–H and O–H groups in total. The first-order chi connectivity index (χ1) is 8.69. The number of benzene rings is 1. The highest BCUT2D eigenvalue weighted by Gasteiger charge is 2.04. The number of nitrogens with one attached hydrogen (secondary N) is 1. The van der Waals surface area contributed by atoms with Crippen LogP contribution in [-0.2, 0) is 13.2 Å². The Labute approximate surface area is 124 Å². The topological polar surface area (TPSA) is 21.3 Å². The summed E-state index contributed by atoms with van der Waals surface area (Å²) < 4.78 is 6.79. The summed E-state index contributed by atoms with van der Waals surface area (Å²) in [6, 6.07) is 7.91. The van der Waals surface area contributed by atoms with Crippen LogP contribution in [-0.4, -0.2) is 7.05 Å². The largest absolute Gasteiger partial charge is 0.487 e. The van der Waals surface area contributed by atoms with Crippen molar-refractivity contribution in [3.05, 3.63) is 49.6 Å². The molecule has 96 valence electrons. The second-order valence-corrected chi connectivity index (χ2v) is 6.13. The van der Waals surface area contributed by atoms with Gasteiger partial charge in [-0.05, 0) is 46.7 Å². The summed E-state index contributed by atoms with van der Waals surface area (Å²) in [6.07, 6.45) is 0. The summed E-state index contributed by atoms with van der Waals surface area (Å²) in [6.45, 7) is 1.35. The molecule has 0 fully saturated rings. The van der Waals surface area contributed by atoms with Gasteiger partial charge in [0.25, 0.3) is 0 Å². The van der Waals surface area contributed by atoms with E-state index in [0.717, 1.165) is 27.2 Å². The van der Waals surface area contributed by atoms with Crippen LogP contribution in [0.15, 0.2) is 34.1 Å². The summed E-state index contributed by atoms with van der Waals surface area (Å²) in [5.74, 6) is 0.723. The quantitative estimate of drug-likeness (QED) is 0.863. The Hall–Kier alpha value is -0.550. The number of rotatable bonds is 5. The second-order valence-electron chi connectivity index (χ2n) is 3.82. The lowest BCUT2D eigenvalue weighted by Crippen LogP contribution is -2.05. The van der Waals surface area contributed by atoms with Gasteiger partial charge in [-0.3, -0.25) is 0 Å². The van der Waals surface area contributed by atoms with Crippen LogP contribution in [0.1, 0.15) is 10.4 Å². The molecule has 0 atom stereocenters. The van der Waals surface area contributed by atoms with Crippen LogP contribution in [0.25, 0.3) is 0 Å². The van der Waals surface area contributed by atoms with Crippen LogP contribution >= 0.6 is 38.9 Å². The van der Waals surface area contributed by atoms with Crippen molar-refractivity contribution in [2.45, 2.75) is 13.2 Å². The minimum absolute atomic E-state index is 0.543. The highest BCUT2D eigenvalue weighted by molar-refractivity contribution is 9.10. The molecule has 0 bridgehead atoms. The first kappa shape index (κ1) is 13.9. The average molecular weight is 347 g/mol. The van der Waals surface area contributed by atoms with Gasteiger partial charge in [-0.15, -0.1) is 11.3 Å². The minimum atomic E-state index is 0.543.